The lowest BCUT2D eigenvalue weighted by Gasteiger charge is -2.41. The van der Waals surface area contributed by atoms with E-state index < -0.39 is 0 Å². The highest BCUT2D eigenvalue weighted by Crippen LogP contribution is 2.29. The van der Waals surface area contributed by atoms with Crippen LogP contribution < -0.4 is 5.32 Å². The zero-order valence-corrected chi connectivity index (χ0v) is 13.6. The summed E-state index contributed by atoms with van der Waals surface area (Å²) in [6.07, 6.45) is 5.97. The van der Waals surface area contributed by atoms with E-state index in [9.17, 15) is 9.90 Å². The van der Waals surface area contributed by atoms with Gasteiger partial charge in [-0.25, -0.2) is 0 Å². The van der Waals surface area contributed by atoms with Gasteiger partial charge in [-0.15, -0.1) is 0 Å². The second-order valence-corrected chi connectivity index (χ2v) is 6.62. The first-order chi connectivity index (χ1) is 10.1. The molecule has 21 heavy (non-hydrogen) atoms. The summed E-state index contributed by atoms with van der Waals surface area (Å²) in [6, 6.07) is 0.289. The molecule has 5 heteroatoms. The number of hydrogen-bond donors (Lipinski definition) is 2. The Labute approximate surface area is 128 Å². The summed E-state index contributed by atoms with van der Waals surface area (Å²) in [6.45, 7) is 5.68. The smallest absolute Gasteiger partial charge is 0.243 e. The van der Waals surface area contributed by atoms with Crippen LogP contribution in [0.3, 0.4) is 0 Å². The van der Waals surface area contributed by atoms with Gasteiger partial charge in [-0.05, 0) is 58.8 Å². The summed E-state index contributed by atoms with van der Waals surface area (Å²) < 4.78 is 0. The van der Waals surface area contributed by atoms with Crippen LogP contribution in [-0.2, 0) is 4.79 Å². The second kappa shape index (κ2) is 7.56. The van der Waals surface area contributed by atoms with Gasteiger partial charge < -0.3 is 20.2 Å². The molecule has 122 valence electrons. The molecule has 0 bridgehead atoms. The third-order valence-corrected chi connectivity index (χ3v) is 5.06. The van der Waals surface area contributed by atoms with Crippen molar-refractivity contribution in [3.05, 3.63) is 0 Å². The Kier molecular flexibility index (Phi) is 6.02. The van der Waals surface area contributed by atoms with E-state index in [-0.39, 0.29) is 24.1 Å². The summed E-state index contributed by atoms with van der Waals surface area (Å²) in [5, 5.41) is 12.9. The zero-order chi connectivity index (χ0) is 15.3. The van der Waals surface area contributed by atoms with Crippen LogP contribution in [0.4, 0.5) is 0 Å². The van der Waals surface area contributed by atoms with Crippen LogP contribution in [0.15, 0.2) is 0 Å². The maximum Gasteiger partial charge on any atom is 0.243 e. The number of nitrogens with zero attached hydrogens (tertiary/aromatic N) is 2. The molecule has 2 fully saturated rings. The fraction of sp³-hybridized carbons (Fsp3) is 0.938. The molecule has 2 saturated heterocycles. The first-order valence-corrected chi connectivity index (χ1v) is 8.48. The highest BCUT2D eigenvalue weighted by molar-refractivity contribution is 5.87. The molecule has 2 heterocycles. The monoisotopic (exact) mass is 297 g/mol. The Morgan fingerprint density at radius 3 is 2.67 bits per heavy atom. The molecule has 2 N–H and O–H groups in total. The van der Waals surface area contributed by atoms with Crippen molar-refractivity contribution < 1.29 is 9.90 Å². The topological polar surface area (TPSA) is 55.8 Å². The Morgan fingerprint density at radius 2 is 2.14 bits per heavy atom. The van der Waals surface area contributed by atoms with E-state index in [0.717, 1.165) is 58.2 Å². The molecule has 1 amide bonds. The number of carbonyl (C=O) groups is 1. The molecular weight excluding hydrogens is 266 g/mol. The number of amides is 1. The minimum absolute atomic E-state index is 0.0558. The van der Waals surface area contributed by atoms with Crippen molar-refractivity contribution in [2.24, 2.45) is 0 Å². The summed E-state index contributed by atoms with van der Waals surface area (Å²) in [5.74, 6) is 0.227. The zero-order valence-electron chi connectivity index (χ0n) is 13.6. The Bertz CT molecular complexity index is 334. The van der Waals surface area contributed by atoms with Gasteiger partial charge in [0.15, 0.2) is 0 Å². The van der Waals surface area contributed by atoms with Crippen molar-refractivity contribution in [1.82, 2.24) is 15.1 Å². The van der Waals surface area contributed by atoms with Crippen LogP contribution in [-0.4, -0.2) is 72.2 Å². The van der Waals surface area contributed by atoms with E-state index in [1.807, 2.05) is 4.90 Å². The summed E-state index contributed by atoms with van der Waals surface area (Å²) in [5.41, 5.74) is -0.368. The number of piperidine rings is 1. The number of rotatable bonds is 6. The Balaban J connectivity index is 2.10. The molecular formula is C16H31N3O2. The maximum absolute atomic E-state index is 13.2. The molecule has 1 atom stereocenters. The third-order valence-electron chi connectivity index (χ3n) is 5.06. The van der Waals surface area contributed by atoms with Crippen molar-refractivity contribution in [1.29, 1.82) is 0 Å². The average Bonchev–Trinajstić information content (AvgIpc) is 2.95. The van der Waals surface area contributed by atoms with E-state index in [0.29, 0.717) is 6.54 Å². The molecule has 0 aromatic rings. The highest BCUT2D eigenvalue weighted by Gasteiger charge is 2.44. The van der Waals surface area contributed by atoms with Gasteiger partial charge >= 0.3 is 0 Å². The number of hydrogen-bond acceptors (Lipinski definition) is 4. The maximum atomic E-state index is 13.2. The molecule has 0 saturated carbocycles. The van der Waals surface area contributed by atoms with Crippen LogP contribution in [0.5, 0.6) is 0 Å². The quantitative estimate of drug-likeness (QED) is 0.762. The molecule has 0 radical (unpaired) electrons. The lowest BCUT2D eigenvalue weighted by atomic mass is 9.88. The molecule has 0 aromatic heterocycles. The van der Waals surface area contributed by atoms with Crippen molar-refractivity contribution in [3.63, 3.8) is 0 Å². The van der Waals surface area contributed by atoms with E-state index in [2.05, 4.69) is 24.2 Å². The van der Waals surface area contributed by atoms with E-state index in [1.54, 1.807) is 0 Å². The normalized spacial score (nSPS) is 28.0. The fourth-order valence-electron chi connectivity index (χ4n) is 3.88. The van der Waals surface area contributed by atoms with Gasteiger partial charge in [0.2, 0.25) is 5.91 Å². The molecule has 0 spiro atoms. The summed E-state index contributed by atoms with van der Waals surface area (Å²) >= 11 is 0. The van der Waals surface area contributed by atoms with Crippen molar-refractivity contribution in [3.8, 4) is 0 Å². The molecule has 0 aromatic carbocycles. The Hall–Kier alpha value is -0.650. The van der Waals surface area contributed by atoms with Crippen molar-refractivity contribution >= 4 is 5.91 Å². The van der Waals surface area contributed by atoms with Crippen LogP contribution in [0.25, 0.3) is 0 Å². The van der Waals surface area contributed by atoms with Gasteiger partial charge in [0.1, 0.15) is 0 Å². The van der Waals surface area contributed by atoms with Crippen molar-refractivity contribution in [2.75, 3.05) is 39.8 Å². The second-order valence-electron chi connectivity index (χ2n) is 6.62. The minimum Gasteiger partial charge on any atom is -0.395 e. The van der Waals surface area contributed by atoms with E-state index in [1.165, 1.54) is 0 Å². The number of carbonyl (C=O) groups excluding carboxylic acids is 1. The third kappa shape index (κ3) is 3.76. The summed E-state index contributed by atoms with van der Waals surface area (Å²) in [7, 11) is 2.13. The average molecular weight is 297 g/mol. The largest absolute Gasteiger partial charge is 0.395 e. The first-order valence-electron chi connectivity index (χ1n) is 8.48. The van der Waals surface area contributed by atoms with Crippen LogP contribution in [0, 0.1) is 0 Å². The number of aliphatic hydroxyl groups excluding tert-OH is 1. The van der Waals surface area contributed by atoms with Crippen LogP contribution >= 0.6 is 0 Å². The summed E-state index contributed by atoms with van der Waals surface area (Å²) in [4.78, 5) is 17.5. The Morgan fingerprint density at radius 1 is 1.43 bits per heavy atom. The van der Waals surface area contributed by atoms with E-state index >= 15 is 0 Å². The molecule has 2 aliphatic heterocycles. The van der Waals surface area contributed by atoms with Gasteiger partial charge in [0.05, 0.1) is 12.1 Å². The molecule has 1 unspecified atom stereocenters. The lowest BCUT2D eigenvalue weighted by molar-refractivity contribution is -0.142. The molecule has 2 aliphatic rings. The first kappa shape index (κ1) is 16.7. The van der Waals surface area contributed by atoms with Crippen LogP contribution in [0.1, 0.15) is 45.4 Å². The number of nitrogens with one attached hydrogen (secondary N) is 1. The SMILES string of the molecule is CCCC1(C(=O)N(CCO)C2CCN(C)CC2)CCCN1. The van der Waals surface area contributed by atoms with Gasteiger partial charge in [-0.2, -0.15) is 0 Å². The molecule has 5 nitrogen and oxygen atoms in total. The molecule has 2 rings (SSSR count). The predicted molar refractivity (Wildman–Crippen MR) is 84.2 cm³/mol. The van der Waals surface area contributed by atoms with Crippen LogP contribution in [0.2, 0.25) is 0 Å². The minimum atomic E-state index is -0.368. The highest BCUT2D eigenvalue weighted by atomic mass is 16.3. The fourth-order valence-corrected chi connectivity index (χ4v) is 3.88. The number of likely N-dealkylation sites (tertiary alicyclic amines) is 1. The lowest BCUT2D eigenvalue weighted by Crippen LogP contribution is -2.59. The van der Waals surface area contributed by atoms with Gasteiger partial charge in [-0.1, -0.05) is 13.3 Å². The van der Waals surface area contributed by atoms with Gasteiger partial charge in [0, 0.05) is 12.6 Å². The predicted octanol–water partition coefficient (Wildman–Crippen LogP) is 0.824. The van der Waals surface area contributed by atoms with E-state index in [4.69, 9.17) is 0 Å². The van der Waals surface area contributed by atoms with Gasteiger partial charge in [0.25, 0.3) is 0 Å². The number of aliphatic hydroxyl groups is 1. The molecule has 0 aliphatic carbocycles. The standard InChI is InChI=1S/C16H31N3O2/c1-3-7-16(8-4-9-17-16)15(21)19(12-13-20)14-5-10-18(2)11-6-14/h14,17,20H,3-13H2,1-2H3. The van der Waals surface area contributed by atoms with Crippen molar-refractivity contribution in [2.45, 2.75) is 57.0 Å². The van der Waals surface area contributed by atoms with Gasteiger partial charge in [-0.3, -0.25) is 4.79 Å².